The van der Waals surface area contributed by atoms with Crippen LogP contribution < -0.4 is 10.9 Å². The maximum Gasteiger partial charge on any atom is 0.333 e. The van der Waals surface area contributed by atoms with E-state index in [0.29, 0.717) is 0 Å². The minimum Gasteiger partial charge on any atom is -0.375 e. The van der Waals surface area contributed by atoms with Gasteiger partial charge in [0.15, 0.2) is 0 Å². The molecule has 10 rings (SSSR count). The van der Waals surface area contributed by atoms with Crippen LogP contribution in [0.2, 0.25) is 0 Å². The molecule has 0 unspecified atom stereocenters. The fraction of sp³-hybridized carbons (Fsp3) is 0.0500. The molecule has 0 saturated heterocycles. The van der Waals surface area contributed by atoms with E-state index in [2.05, 4.69) is 150 Å². The maximum atomic E-state index is 2.71. The predicted molar refractivity (Wildman–Crippen MR) is 182 cm³/mol. The van der Waals surface area contributed by atoms with Gasteiger partial charge in [-0.05, 0) is 59.2 Å². The molecule has 6 aromatic carbocycles. The van der Waals surface area contributed by atoms with Crippen LogP contribution >= 0.6 is 0 Å². The molecule has 43 heavy (non-hydrogen) atoms. The fourth-order valence-corrected chi connectivity index (χ4v) is 8.38. The van der Waals surface area contributed by atoms with Gasteiger partial charge in [-0.2, -0.15) is 0 Å². The number of nitrogens with zero attached hydrogens (tertiary/aromatic N) is 2. The van der Waals surface area contributed by atoms with Crippen LogP contribution in [0, 0.1) is 13.8 Å². The molecule has 2 aliphatic rings. The van der Waals surface area contributed by atoms with E-state index in [1.807, 2.05) is 0 Å². The van der Waals surface area contributed by atoms with Crippen molar-refractivity contribution in [3.8, 4) is 39.2 Å². The van der Waals surface area contributed by atoms with Gasteiger partial charge in [0.1, 0.15) is 0 Å². The molecule has 3 heteroatoms. The number of rotatable bonds is 2. The van der Waals surface area contributed by atoms with E-state index in [9.17, 15) is 0 Å². The van der Waals surface area contributed by atoms with E-state index in [4.69, 9.17) is 0 Å². The largest absolute Gasteiger partial charge is 0.375 e. The molecule has 2 nitrogen and oxygen atoms in total. The summed E-state index contributed by atoms with van der Waals surface area (Å²) in [6.45, 7) is 4.59. The summed E-state index contributed by atoms with van der Waals surface area (Å²) in [6, 6.07) is 47.4. The molecule has 0 bridgehead atoms. The average molecular weight is 546 g/mol. The molecule has 0 saturated carbocycles. The van der Waals surface area contributed by atoms with Crippen LogP contribution in [0.15, 0.2) is 127 Å². The van der Waals surface area contributed by atoms with Gasteiger partial charge in [-0.15, -0.1) is 0 Å². The monoisotopic (exact) mass is 546 g/mol. The second-order valence-corrected chi connectivity index (χ2v) is 12.2. The first-order chi connectivity index (χ1) is 21.2. The van der Waals surface area contributed by atoms with Crippen LogP contribution in [0.1, 0.15) is 11.1 Å². The zero-order valence-corrected chi connectivity index (χ0v) is 24.1. The minimum atomic E-state index is 0.0515. The Kier molecular flexibility index (Phi) is 4.43. The number of fused-ring (bicyclic) bond motifs is 7. The lowest BCUT2D eigenvalue weighted by atomic mass is 9.45. The minimum absolute atomic E-state index is 0.0515. The number of benzene rings is 6. The van der Waals surface area contributed by atoms with E-state index in [0.717, 1.165) is 0 Å². The van der Waals surface area contributed by atoms with Crippen molar-refractivity contribution in [3.05, 3.63) is 139 Å². The van der Waals surface area contributed by atoms with Crippen LogP contribution in [-0.4, -0.2) is 15.9 Å². The smallest absolute Gasteiger partial charge is 0.333 e. The lowest BCUT2D eigenvalue weighted by Crippen LogP contribution is -2.55. The summed E-state index contributed by atoms with van der Waals surface area (Å²) in [6.07, 6.45) is 0. The van der Waals surface area contributed by atoms with Gasteiger partial charge in [-0.3, -0.25) is 0 Å². The summed E-state index contributed by atoms with van der Waals surface area (Å²) < 4.78 is 5.24. The first-order valence-electron chi connectivity index (χ1n) is 15.2. The van der Waals surface area contributed by atoms with Crippen LogP contribution in [0.3, 0.4) is 0 Å². The molecule has 0 aliphatic carbocycles. The molecule has 2 aromatic heterocycles. The highest BCUT2D eigenvalue weighted by molar-refractivity contribution is 6.89. The second kappa shape index (κ2) is 8.17. The molecule has 4 heterocycles. The number of hydrogen-bond donors (Lipinski definition) is 0. The number of aromatic nitrogens is 2. The Morgan fingerprint density at radius 1 is 0.512 bits per heavy atom. The number of para-hydroxylation sites is 3. The standard InChI is InChI=1S/C40H27BN2/c1-24-12-8-13-25(2)35(24)40-36(26-14-4-3-5-15-26)31-20-9-18-30-28-17-11-23-34-37(28)41(43(40)38(30)31)32-21-10-19-29-27-16-6-7-22-33(27)42(34)39(29)32/h3-23H,1-2H3. The summed E-state index contributed by atoms with van der Waals surface area (Å²) in [5.41, 5.74) is 18.5. The summed E-state index contributed by atoms with van der Waals surface area (Å²) in [5.74, 6) is 0. The molecule has 2 aliphatic heterocycles. The van der Waals surface area contributed by atoms with Crippen molar-refractivity contribution < 1.29 is 0 Å². The van der Waals surface area contributed by atoms with E-state index < -0.39 is 0 Å². The van der Waals surface area contributed by atoms with Crippen molar-refractivity contribution >= 4 is 50.5 Å². The topological polar surface area (TPSA) is 9.86 Å². The molecule has 0 amide bonds. The van der Waals surface area contributed by atoms with Gasteiger partial charge in [0, 0.05) is 49.7 Å². The predicted octanol–water partition coefficient (Wildman–Crippen LogP) is 8.64. The van der Waals surface area contributed by atoms with Gasteiger partial charge in [0.25, 0.3) is 0 Å². The van der Waals surface area contributed by atoms with E-state index >= 15 is 0 Å². The number of aryl methyl sites for hydroxylation is 2. The Labute approximate surface area is 250 Å². The molecule has 0 spiro atoms. The van der Waals surface area contributed by atoms with Crippen molar-refractivity contribution in [3.63, 3.8) is 0 Å². The maximum absolute atomic E-state index is 2.71. The van der Waals surface area contributed by atoms with Crippen molar-refractivity contribution in [1.29, 1.82) is 0 Å². The molecule has 0 N–H and O–H groups in total. The van der Waals surface area contributed by atoms with Gasteiger partial charge in [0.05, 0.1) is 11.0 Å². The van der Waals surface area contributed by atoms with Crippen molar-refractivity contribution in [2.45, 2.75) is 13.8 Å². The zero-order valence-electron chi connectivity index (χ0n) is 24.1. The van der Waals surface area contributed by atoms with Gasteiger partial charge in [-0.25, -0.2) is 0 Å². The third-order valence-electron chi connectivity index (χ3n) is 9.97. The third-order valence-corrected chi connectivity index (χ3v) is 9.97. The van der Waals surface area contributed by atoms with Crippen LogP contribution in [-0.2, 0) is 0 Å². The van der Waals surface area contributed by atoms with E-state index in [1.165, 1.54) is 94.0 Å². The molecule has 200 valence electrons. The van der Waals surface area contributed by atoms with E-state index in [-0.39, 0.29) is 6.85 Å². The Bertz CT molecular complexity index is 2460. The normalized spacial score (nSPS) is 12.8. The van der Waals surface area contributed by atoms with Crippen molar-refractivity contribution in [1.82, 2.24) is 9.05 Å². The van der Waals surface area contributed by atoms with Crippen LogP contribution in [0.25, 0.3) is 71.9 Å². The Hall–Kier alpha value is -5.28. The average Bonchev–Trinajstić information content (AvgIpc) is 3.56. The van der Waals surface area contributed by atoms with Gasteiger partial charge < -0.3 is 9.05 Å². The summed E-state index contributed by atoms with van der Waals surface area (Å²) in [7, 11) is 0. The van der Waals surface area contributed by atoms with Crippen molar-refractivity contribution in [2.24, 2.45) is 0 Å². The second-order valence-electron chi connectivity index (χ2n) is 12.2. The lowest BCUT2D eigenvalue weighted by Gasteiger charge is -2.34. The molecular formula is C40H27BN2. The summed E-state index contributed by atoms with van der Waals surface area (Å²) in [5, 5.41) is 3.95. The first-order valence-corrected chi connectivity index (χ1v) is 15.2. The third kappa shape index (κ3) is 2.80. The zero-order chi connectivity index (χ0) is 28.4. The molecule has 0 fully saturated rings. The SMILES string of the molecule is Cc1cccc(C)c1-c1c(-c2ccccc2)c2cccc3c2n1B1c2c-3cccc2-n2c3ccccc3c3cccc1c32. The Morgan fingerprint density at radius 2 is 1.19 bits per heavy atom. The molecule has 0 atom stereocenters. The van der Waals surface area contributed by atoms with Crippen LogP contribution in [0.4, 0.5) is 0 Å². The molecular weight excluding hydrogens is 519 g/mol. The van der Waals surface area contributed by atoms with Crippen molar-refractivity contribution in [2.75, 3.05) is 0 Å². The Balaban J connectivity index is 1.47. The highest BCUT2D eigenvalue weighted by atomic mass is 15.0. The highest BCUT2D eigenvalue weighted by Gasteiger charge is 2.42. The number of hydrogen-bond acceptors (Lipinski definition) is 0. The summed E-state index contributed by atoms with van der Waals surface area (Å²) in [4.78, 5) is 0. The van der Waals surface area contributed by atoms with Gasteiger partial charge in [0.2, 0.25) is 0 Å². The highest BCUT2D eigenvalue weighted by Crippen LogP contribution is 2.48. The van der Waals surface area contributed by atoms with Crippen LogP contribution in [0.5, 0.6) is 0 Å². The Morgan fingerprint density at radius 3 is 2.05 bits per heavy atom. The quantitative estimate of drug-likeness (QED) is 0.192. The molecule has 0 radical (unpaired) electrons. The van der Waals surface area contributed by atoms with E-state index in [1.54, 1.807) is 0 Å². The lowest BCUT2D eigenvalue weighted by molar-refractivity contribution is 1.17. The first kappa shape index (κ1) is 23.3. The fourth-order valence-electron chi connectivity index (χ4n) is 8.38. The van der Waals surface area contributed by atoms with Gasteiger partial charge >= 0.3 is 6.85 Å². The molecule has 8 aromatic rings. The summed E-state index contributed by atoms with van der Waals surface area (Å²) >= 11 is 0. The van der Waals surface area contributed by atoms with Gasteiger partial charge in [-0.1, -0.05) is 115 Å².